The summed E-state index contributed by atoms with van der Waals surface area (Å²) in [6.07, 6.45) is 7.02. The summed E-state index contributed by atoms with van der Waals surface area (Å²) in [6, 6.07) is 5.60. The third kappa shape index (κ3) is 4.18. The number of carbonyl (C=O) groups excluding carboxylic acids is 2. The molecule has 7 heteroatoms. The fraction of sp³-hybridized carbons (Fsp3) is 0.545. The van der Waals surface area contributed by atoms with E-state index in [1.165, 1.54) is 0 Å². The van der Waals surface area contributed by atoms with Crippen molar-refractivity contribution in [2.75, 3.05) is 19.6 Å². The second-order valence-corrected chi connectivity index (χ2v) is 8.62. The van der Waals surface area contributed by atoms with Crippen LogP contribution in [-0.4, -0.2) is 62.5 Å². The summed E-state index contributed by atoms with van der Waals surface area (Å²) < 4.78 is 0. The topological polar surface area (TPSA) is 82.2 Å². The summed E-state index contributed by atoms with van der Waals surface area (Å²) >= 11 is 0. The normalized spacial score (nSPS) is 21.9. The molecule has 0 bridgehead atoms. The van der Waals surface area contributed by atoms with Crippen molar-refractivity contribution in [3.63, 3.8) is 0 Å². The van der Waals surface area contributed by atoms with Gasteiger partial charge in [0.05, 0.1) is 0 Å². The van der Waals surface area contributed by atoms with E-state index >= 15 is 0 Å². The molecule has 0 aliphatic carbocycles. The maximum Gasteiger partial charge on any atom is 0.274 e. The number of likely N-dealkylation sites (tertiary alicyclic amines) is 2. The number of hydrogen-bond acceptors (Lipinski definition) is 4. The minimum atomic E-state index is 0.0138. The van der Waals surface area contributed by atoms with Crippen LogP contribution >= 0.6 is 0 Å². The number of aromatic nitrogens is 3. The molecule has 0 spiro atoms. The van der Waals surface area contributed by atoms with Crippen molar-refractivity contribution in [1.29, 1.82) is 0 Å². The highest BCUT2D eigenvalue weighted by molar-refractivity contribution is 5.94. The predicted molar refractivity (Wildman–Crippen MR) is 109 cm³/mol. The van der Waals surface area contributed by atoms with Gasteiger partial charge in [-0.15, -0.1) is 0 Å². The molecule has 154 valence electrons. The molecule has 4 rings (SSSR count). The van der Waals surface area contributed by atoms with Gasteiger partial charge in [0.25, 0.3) is 11.8 Å². The van der Waals surface area contributed by atoms with Gasteiger partial charge < -0.3 is 9.80 Å². The molecule has 1 N–H and O–H groups in total. The Labute approximate surface area is 171 Å². The SMILES string of the molecule is CC(C)Cc1cc(C(=O)N2CCC[C@@H]3CN(C(=O)c4ccncc4)CC[C@H]32)n[nH]1. The number of H-pyrrole nitrogens is 1. The second-order valence-electron chi connectivity index (χ2n) is 8.62. The van der Waals surface area contributed by atoms with E-state index in [2.05, 4.69) is 29.0 Å². The molecule has 2 fully saturated rings. The number of rotatable bonds is 4. The highest BCUT2D eigenvalue weighted by Gasteiger charge is 2.40. The van der Waals surface area contributed by atoms with Crippen molar-refractivity contribution in [2.24, 2.45) is 11.8 Å². The van der Waals surface area contributed by atoms with Gasteiger partial charge in [-0.2, -0.15) is 5.10 Å². The lowest BCUT2D eigenvalue weighted by Crippen LogP contribution is -2.56. The summed E-state index contributed by atoms with van der Waals surface area (Å²) in [7, 11) is 0. The fourth-order valence-electron chi connectivity index (χ4n) is 4.68. The molecule has 0 aromatic carbocycles. The van der Waals surface area contributed by atoms with Crippen molar-refractivity contribution in [3.05, 3.63) is 47.5 Å². The second kappa shape index (κ2) is 8.35. The molecule has 0 saturated carbocycles. The van der Waals surface area contributed by atoms with Crippen LogP contribution < -0.4 is 0 Å². The minimum absolute atomic E-state index is 0.0138. The van der Waals surface area contributed by atoms with Gasteiger partial charge in [0.15, 0.2) is 0 Å². The van der Waals surface area contributed by atoms with Crippen LogP contribution in [0.25, 0.3) is 0 Å². The number of piperidine rings is 2. The third-order valence-electron chi connectivity index (χ3n) is 6.02. The molecule has 2 atom stereocenters. The molecule has 0 unspecified atom stereocenters. The third-order valence-corrected chi connectivity index (χ3v) is 6.02. The molecule has 4 heterocycles. The van der Waals surface area contributed by atoms with Gasteiger partial charge in [-0.05, 0) is 55.7 Å². The molecular formula is C22H29N5O2. The average Bonchev–Trinajstić information content (AvgIpc) is 3.20. The lowest BCUT2D eigenvalue weighted by molar-refractivity contribution is 0.0194. The van der Waals surface area contributed by atoms with Crippen molar-refractivity contribution >= 4 is 11.8 Å². The highest BCUT2D eigenvalue weighted by atomic mass is 16.2. The average molecular weight is 396 g/mol. The molecule has 29 heavy (non-hydrogen) atoms. The van der Waals surface area contributed by atoms with Crippen LogP contribution in [0.5, 0.6) is 0 Å². The first-order valence-corrected chi connectivity index (χ1v) is 10.6. The zero-order valence-corrected chi connectivity index (χ0v) is 17.2. The maximum absolute atomic E-state index is 13.1. The summed E-state index contributed by atoms with van der Waals surface area (Å²) in [5.74, 6) is 0.904. The molecule has 2 aromatic rings. The van der Waals surface area contributed by atoms with Crippen LogP contribution in [0.4, 0.5) is 0 Å². The van der Waals surface area contributed by atoms with Crippen LogP contribution in [-0.2, 0) is 6.42 Å². The Morgan fingerprint density at radius 2 is 1.97 bits per heavy atom. The van der Waals surface area contributed by atoms with E-state index < -0.39 is 0 Å². The van der Waals surface area contributed by atoms with E-state index in [1.54, 1.807) is 24.5 Å². The number of amides is 2. The maximum atomic E-state index is 13.1. The molecule has 2 amide bonds. The molecule has 2 aromatic heterocycles. The number of aromatic amines is 1. The number of nitrogens with zero attached hydrogens (tertiary/aromatic N) is 4. The van der Waals surface area contributed by atoms with E-state index in [-0.39, 0.29) is 17.9 Å². The summed E-state index contributed by atoms with van der Waals surface area (Å²) in [6.45, 7) is 6.45. The van der Waals surface area contributed by atoms with Gasteiger partial charge in [0, 0.05) is 49.3 Å². The van der Waals surface area contributed by atoms with E-state index in [0.29, 0.717) is 36.2 Å². The van der Waals surface area contributed by atoms with Crippen LogP contribution in [0.1, 0.15) is 59.7 Å². The Hall–Kier alpha value is -2.70. The smallest absolute Gasteiger partial charge is 0.274 e. The number of hydrogen-bond donors (Lipinski definition) is 1. The molecule has 7 nitrogen and oxygen atoms in total. The summed E-state index contributed by atoms with van der Waals surface area (Å²) in [4.78, 5) is 33.9. The first-order chi connectivity index (χ1) is 14.0. The van der Waals surface area contributed by atoms with Crippen molar-refractivity contribution in [2.45, 2.75) is 45.6 Å². The number of fused-ring (bicyclic) bond motifs is 1. The zero-order valence-electron chi connectivity index (χ0n) is 17.2. The molecule has 0 radical (unpaired) electrons. The van der Waals surface area contributed by atoms with E-state index in [4.69, 9.17) is 0 Å². The largest absolute Gasteiger partial charge is 0.338 e. The van der Waals surface area contributed by atoms with E-state index in [0.717, 1.165) is 37.9 Å². The first kappa shape index (κ1) is 19.6. The monoisotopic (exact) mass is 395 g/mol. The molecular weight excluding hydrogens is 366 g/mol. The Morgan fingerprint density at radius 3 is 2.72 bits per heavy atom. The lowest BCUT2D eigenvalue weighted by atomic mass is 9.83. The molecule has 2 aliphatic rings. The zero-order chi connectivity index (χ0) is 20.4. The van der Waals surface area contributed by atoms with Crippen molar-refractivity contribution < 1.29 is 9.59 Å². The van der Waals surface area contributed by atoms with Crippen molar-refractivity contribution in [3.8, 4) is 0 Å². The molecule has 2 aliphatic heterocycles. The van der Waals surface area contributed by atoms with Crippen molar-refractivity contribution in [1.82, 2.24) is 25.0 Å². The number of carbonyl (C=O) groups is 2. The highest BCUT2D eigenvalue weighted by Crippen LogP contribution is 2.32. The van der Waals surface area contributed by atoms with Gasteiger partial charge in [-0.3, -0.25) is 19.7 Å². The Kier molecular flexibility index (Phi) is 5.65. The Balaban J connectivity index is 1.44. The Morgan fingerprint density at radius 1 is 1.17 bits per heavy atom. The summed E-state index contributed by atoms with van der Waals surface area (Å²) in [5.41, 5.74) is 2.20. The summed E-state index contributed by atoms with van der Waals surface area (Å²) in [5, 5.41) is 7.29. The van der Waals surface area contributed by atoms with E-state index in [1.807, 2.05) is 15.9 Å². The standard InChI is InChI=1S/C22H29N5O2/c1-15(2)12-18-13-19(25-24-18)22(29)27-10-3-4-17-14-26(11-7-20(17)27)21(28)16-5-8-23-9-6-16/h5-6,8-9,13,15,17,20H,3-4,7,10-12,14H2,1-2H3,(H,24,25)/t17-,20-/m1/s1. The van der Waals surface area contributed by atoms with Crippen LogP contribution in [0.3, 0.4) is 0 Å². The van der Waals surface area contributed by atoms with Crippen LogP contribution in [0.15, 0.2) is 30.6 Å². The fourth-order valence-corrected chi connectivity index (χ4v) is 4.68. The van der Waals surface area contributed by atoms with Crippen LogP contribution in [0.2, 0.25) is 0 Å². The lowest BCUT2D eigenvalue weighted by Gasteiger charge is -2.47. The van der Waals surface area contributed by atoms with Gasteiger partial charge in [0.1, 0.15) is 5.69 Å². The number of nitrogens with one attached hydrogen (secondary N) is 1. The van der Waals surface area contributed by atoms with Crippen LogP contribution in [0, 0.1) is 11.8 Å². The number of pyridine rings is 1. The Bertz CT molecular complexity index is 863. The quantitative estimate of drug-likeness (QED) is 0.863. The first-order valence-electron chi connectivity index (χ1n) is 10.6. The van der Waals surface area contributed by atoms with E-state index in [9.17, 15) is 9.59 Å². The predicted octanol–water partition coefficient (Wildman–Crippen LogP) is 2.77. The van der Waals surface area contributed by atoms with Gasteiger partial charge >= 0.3 is 0 Å². The van der Waals surface area contributed by atoms with Gasteiger partial charge in [0.2, 0.25) is 0 Å². The van der Waals surface area contributed by atoms with Gasteiger partial charge in [-0.25, -0.2) is 0 Å². The minimum Gasteiger partial charge on any atom is -0.338 e. The van der Waals surface area contributed by atoms with Gasteiger partial charge in [-0.1, -0.05) is 13.8 Å². The molecule has 2 saturated heterocycles.